The molecule has 0 aliphatic carbocycles. The first-order valence-electron chi connectivity index (χ1n) is 7.47. The van der Waals surface area contributed by atoms with Crippen molar-refractivity contribution in [3.05, 3.63) is 59.7 Å². The van der Waals surface area contributed by atoms with E-state index in [1.54, 1.807) is 0 Å². The summed E-state index contributed by atoms with van der Waals surface area (Å²) in [6.07, 6.45) is 4.97. The molecule has 0 saturated heterocycles. The molecule has 0 heterocycles. The second-order valence-corrected chi connectivity index (χ2v) is 5.68. The van der Waals surface area contributed by atoms with Crippen LogP contribution in [0.4, 0.5) is 11.4 Å². The maximum Gasteiger partial charge on any atom is 0.0857 e. The number of hydrogen-bond acceptors (Lipinski definition) is 2. The molecule has 2 aromatic rings. The largest absolute Gasteiger partial charge is 0.151 e. The maximum atomic E-state index is 4.28. The minimum Gasteiger partial charge on any atom is -0.151 e. The fourth-order valence-corrected chi connectivity index (χ4v) is 2.45. The highest BCUT2D eigenvalue weighted by Crippen LogP contribution is 2.20. The lowest BCUT2D eigenvalue weighted by molar-refractivity contribution is 0.717. The van der Waals surface area contributed by atoms with E-state index in [0.717, 1.165) is 23.1 Å². The SMILES string of the molecule is CCCCCc1ccc(N=Nc2ccc(CBr)cc2)cc1. The van der Waals surface area contributed by atoms with Crippen molar-refractivity contribution in [2.75, 3.05) is 0 Å². The zero-order valence-corrected chi connectivity index (χ0v) is 14.0. The van der Waals surface area contributed by atoms with E-state index in [-0.39, 0.29) is 0 Å². The minimum atomic E-state index is 0.865. The number of benzene rings is 2. The van der Waals surface area contributed by atoms with E-state index in [1.807, 2.05) is 24.3 Å². The fraction of sp³-hybridized carbons (Fsp3) is 0.333. The van der Waals surface area contributed by atoms with Gasteiger partial charge in [0.15, 0.2) is 0 Å². The van der Waals surface area contributed by atoms with Gasteiger partial charge in [-0.1, -0.05) is 60.0 Å². The van der Waals surface area contributed by atoms with Crippen LogP contribution in [0.15, 0.2) is 58.8 Å². The van der Waals surface area contributed by atoms with Crippen LogP contribution in [0.5, 0.6) is 0 Å². The molecule has 2 aromatic carbocycles. The molecule has 110 valence electrons. The molecule has 0 atom stereocenters. The van der Waals surface area contributed by atoms with Crippen LogP contribution in [0.1, 0.15) is 37.3 Å². The molecule has 0 radical (unpaired) electrons. The van der Waals surface area contributed by atoms with Crippen molar-refractivity contribution in [2.24, 2.45) is 10.2 Å². The molecule has 2 rings (SSSR count). The average Bonchev–Trinajstić information content (AvgIpc) is 2.55. The molecule has 0 saturated carbocycles. The third kappa shape index (κ3) is 5.43. The Hall–Kier alpha value is -1.48. The van der Waals surface area contributed by atoms with Crippen LogP contribution in [0.3, 0.4) is 0 Å². The van der Waals surface area contributed by atoms with Gasteiger partial charge in [-0.15, -0.1) is 0 Å². The molecular weight excluding hydrogens is 324 g/mol. The number of hydrogen-bond donors (Lipinski definition) is 0. The lowest BCUT2D eigenvalue weighted by Gasteiger charge is -2.00. The maximum absolute atomic E-state index is 4.28. The number of unbranched alkanes of at least 4 members (excludes halogenated alkanes) is 2. The topological polar surface area (TPSA) is 24.7 Å². The predicted molar refractivity (Wildman–Crippen MR) is 92.9 cm³/mol. The summed E-state index contributed by atoms with van der Waals surface area (Å²) in [5, 5.41) is 9.41. The highest BCUT2D eigenvalue weighted by molar-refractivity contribution is 9.08. The Labute approximate surface area is 135 Å². The molecule has 0 bridgehead atoms. The van der Waals surface area contributed by atoms with Gasteiger partial charge in [-0.2, -0.15) is 10.2 Å². The van der Waals surface area contributed by atoms with Crippen LogP contribution >= 0.6 is 15.9 Å². The Balaban J connectivity index is 1.93. The Bertz CT molecular complexity index is 559. The third-order valence-corrected chi connectivity index (χ3v) is 4.02. The van der Waals surface area contributed by atoms with Gasteiger partial charge in [-0.05, 0) is 48.2 Å². The average molecular weight is 345 g/mol. The van der Waals surface area contributed by atoms with Crippen LogP contribution < -0.4 is 0 Å². The molecule has 0 aliphatic rings. The van der Waals surface area contributed by atoms with E-state index < -0.39 is 0 Å². The summed E-state index contributed by atoms with van der Waals surface area (Å²) in [7, 11) is 0. The molecule has 0 aromatic heterocycles. The second kappa shape index (κ2) is 8.73. The Morgan fingerprint density at radius 1 is 0.762 bits per heavy atom. The number of nitrogens with zero attached hydrogens (tertiary/aromatic N) is 2. The smallest absolute Gasteiger partial charge is 0.0857 e. The summed E-state index contributed by atoms with van der Waals surface area (Å²) in [6.45, 7) is 2.23. The highest BCUT2D eigenvalue weighted by Gasteiger charge is 1.95. The van der Waals surface area contributed by atoms with Crippen LogP contribution in [0.25, 0.3) is 0 Å². The lowest BCUT2D eigenvalue weighted by Crippen LogP contribution is -1.83. The first kappa shape index (κ1) is 15.9. The van der Waals surface area contributed by atoms with Gasteiger partial charge >= 0.3 is 0 Å². The van der Waals surface area contributed by atoms with Crippen molar-refractivity contribution in [2.45, 2.75) is 37.9 Å². The normalized spacial score (nSPS) is 11.1. The molecule has 0 N–H and O–H groups in total. The zero-order valence-electron chi connectivity index (χ0n) is 12.4. The quantitative estimate of drug-likeness (QED) is 0.302. The Morgan fingerprint density at radius 3 is 1.76 bits per heavy atom. The molecule has 0 amide bonds. The highest BCUT2D eigenvalue weighted by atomic mass is 79.9. The fourth-order valence-electron chi connectivity index (χ4n) is 2.08. The monoisotopic (exact) mass is 344 g/mol. The second-order valence-electron chi connectivity index (χ2n) is 5.12. The van der Waals surface area contributed by atoms with Crippen LogP contribution in [0, 0.1) is 0 Å². The van der Waals surface area contributed by atoms with Crippen molar-refractivity contribution in [3.63, 3.8) is 0 Å². The van der Waals surface area contributed by atoms with Gasteiger partial charge in [-0.3, -0.25) is 0 Å². The van der Waals surface area contributed by atoms with Crippen molar-refractivity contribution < 1.29 is 0 Å². The lowest BCUT2D eigenvalue weighted by atomic mass is 10.1. The van der Waals surface area contributed by atoms with E-state index in [0.29, 0.717) is 0 Å². The van der Waals surface area contributed by atoms with Gasteiger partial charge in [-0.25, -0.2) is 0 Å². The van der Waals surface area contributed by atoms with Crippen LogP contribution in [0.2, 0.25) is 0 Å². The predicted octanol–water partition coefficient (Wildman–Crippen LogP) is 6.73. The number of rotatable bonds is 7. The van der Waals surface area contributed by atoms with E-state index in [9.17, 15) is 0 Å². The van der Waals surface area contributed by atoms with Crippen LogP contribution in [-0.2, 0) is 11.8 Å². The zero-order chi connectivity index (χ0) is 14.9. The number of aryl methyl sites for hydroxylation is 1. The molecule has 2 nitrogen and oxygen atoms in total. The summed E-state index contributed by atoms with van der Waals surface area (Å²) < 4.78 is 0. The van der Waals surface area contributed by atoms with E-state index in [4.69, 9.17) is 0 Å². The molecular formula is C18H21BrN2. The first-order chi connectivity index (χ1) is 10.3. The molecule has 3 heteroatoms. The summed E-state index contributed by atoms with van der Waals surface area (Å²) in [5.74, 6) is 0. The molecule has 0 fully saturated rings. The molecule has 0 aliphatic heterocycles. The van der Waals surface area contributed by atoms with Crippen molar-refractivity contribution in [3.8, 4) is 0 Å². The van der Waals surface area contributed by atoms with Crippen LogP contribution in [-0.4, -0.2) is 0 Å². The van der Waals surface area contributed by atoms with Gasteiger partial charge in [0.2, 0.25) is 0 Å². The Kier molecular flexibility index (Phi) is 6.61. The van der Waals surface area contributed by atoms with E-state index in [1.165, 1.54) is 30.4 Å². The standard InChI is InChI=1S/C18H21BrN2/c1-2-3-4-5-15-6-10-17(11-7-15)20-21-18-12-8-16(14-19)9-13-18/h6-13H,2-5,14H2,1H3. The number of halogens is 1. The summed E-state index contributed by atoms with van der Waals surface area (Å²) in [5.41, 5.74) is 4.40. The summed E-state index contributed by atoms with van der Waals surface area (Å²) >= 11 is 3.43. The van der Waals surface area contributed by atoms with Gasteiger partial charge in [0.1, 0.15) is 0 Å². The summed E-state index contributed by atoms with van der Waals surface area (Å²) in [4.78, 5) is 0. The van der Waals surface area contributed by atoms with Gasteiger partial charge in [0.05, 0.1) is 11.4 Å². The van der Waals surface area contributed by atoms with Crippen molar-refractivity contribution in [1.82, 2.24) is 0 Å². The van der Waals surface area contributed by atoms with Gasteiger partial charge in [0, 0.05) is 5.33 Å². The van der Waals surface area contributed by atoms with E-state index in [2.05, 4.69) is 57.3 Å². The number of azo groups is 1. The number of alkyl halides is 1. The molecule has 0 unspecified atom stereocenters. The Morgan fingerprint density at radius 2 is 1.29 bits per heavy atom. The first-order valence-corrected chi connectivity index (χ1v) is 8.59. The molecule has 0 spiro atoms. The van der Waals surface area contributed by atoms with Gasteiger partial charge < -0.3 is 0 Å². The minimum absolute atomic E-state index is 0.865. The summed E-state index contributed by atoms with van der Waals surface area (Å²) in [6, 6.07) is 16.5. The van der Waals surface area contributed by atoms with Crippen molar-refractivity contribution in [1.29, 1.82) is 0 Å². The van der Waals surface area contributed by atoms with Crippen molar-refractivity contribution >= 4 is 27.3 Å². The molecule has 21 heavy (non-hydrogen) atoms. The van der Waals surface area contributed by atoms with E-state index >= 15 is 0 Å². The third-order valence-electron chi connectivity index (χ3n) is 3.38. The van der Waals surface area contributed by atoms with Gasteiger partial charge in [0.25, 0.3) is 0 Å².